The SMILES string of the molecule is CCCCCC(C[Si](C)(C)CCCS[Si](C)(C)C(C)(C)C)(c1ccc(N(C)C)cc1)c1cccc(C(CCCCC)(C[Si](C)(CCCS[Si](C)(C)C(C)(C)C)OC)c2ccc(N(C)C)cc2)c1. The van der Waals surface area contributed by atoms with Gasteiger partial charge in [0.15, 0.2) is 8.32 Å². The second-order valence-corrected chi connectivity index (χ2v) is 52.8. The molecule has 0 aromatic heterocycles. The predicted molar refractivity (Wildman–Crippen MR) is 322 cm³/mol. The van der Waals surface area contributed by atoms with E-state index >= 15 is 0 Å². The smallest absolute Gasteiger partial charge is 0.190 e. The zero-order valence-electron chi connectivity index (χ0n) is 47.4. The second kappa shape index (κ2) is 25.4. The monoisotopic (exact) mass is 1020 g/mol. The van der Waals surface area contributed by atoms with Gasteiger partial charge in [-0.1, -0.05) is 188 Å². The highest BCUT2D eigenvalue weighted by Gasteiger charge is 2.46. The van der Waals surface area contributed by atoms with Crippen molar-refractivity contribution in [2.75, 3.05) is 56.6 Å². The third-order valence-corrected chi connectivity index (χ3v) is 42.5. The van der Waals surface area contributed by atoms with Crippen LogP contribution in [0, 0.1) is 0 Å². The number of unbranched alkanes of at least 4 members (excludes halogenated alkanes) is 4. The Bertz CT molecular complexity index is 1900. The normalized spacial score (nSPS) is 15.8. The van der Waals surface area contributed by atoms with E-state index in [9.17, 15) is 0 Å². The molecule has 0 saturated carbocycles. The Morgan fingerprint density at radius 2 is 0.881 bits per heavy atom. The lowest BCUT2D eigenvalue weighted by molar-refractivity contribution is 0.371. The maximum atomic E-state index is 6.95. The van der Waals surface area contributed by atoms with Gasteiger partial charge in [0.1, 0.15) is 14.4 Å². The Kier molecular flexibility index (Phi) is 22.8. The van der Waals surface area contributed by atoms with Gasteiger partial charge in [0, 0.05) is 65.6 Å². The fraction of sp³-hybridized carbons (Fsp3) is 0.690. The Labute approximate surface area is 428 Å². The van der Waals surface area contributed by atoms with E-state index in [2.05, 4.69) is 242 Å². The van der Waals surface area contributed by atoms with Crippen molar-refractivity contribution in [2.45, 2.75) is 211 Å². The Hall–Kier alpha value is -1.21. The van der Waals surface area contributed by atoms with E-state index in [1.165, 1.54) is 115 Å². The molecule has 380 valence electrons. The van der Waals surface area contributed by atoms with Crippen molar-refractivity contribution in [1.82, 2.24) is 0 Å². The van der Waals surface area contributed by atoms with Gasteiger partial charge in [0.25, 0.3) is 0 Å². The lowest BCUT2D eigenvalue weighted by Gasteiger charge is -2.44. The minimum absolute atomic E-state index is 0.0643. The summed E-state index contributed by atoms with van der Waals surface area (Å²) in [6.07, 6.45) is 12.3. The number of hydrogen-bond donors (Lipinski definition) is 0. The first kappa shape index (κ1) is 60.1. The molecule has 0 amide bonds. The Balaban J connectivity index is 2.34. The molecular weight excluding hydrogens is 917 g/mol. The number of hydrogen-bond acceptors (Lipinski definition) is 5. The summed E-state index contributed by atoms with van der Waals surface area (Å²) in [5.41, 5.74) is 8.37. The molecule has 0 heterocycles. The Morgan fingerprint density at radius 1 is 0.493 bits per heavy atom. The molecule has 9 heteroatoms. The standard InChI is InChI=1S/C58H104N2OS2Si4/c1-21-23-25-40-57(49-32-36-53(37-33-49)59(9)10,47-64(14,15)44-28-42-62-65(16,17)55(3,4)5)51-30-27-31-52(46-51)58(41-26-24-22-2,50-34-38-54(39-35-50)60(11)12)48-67(20,61-13)45-29-43-63-66(18,19)56(6,7)8/h27,30-39,46H,21-26,28-29,40-45,47-48H2,1-20H3. The molecule has 0 fully saturated rings. The molecule has 0 aliphatic heterocycles. The topological polar surface area (TPSA) is 15.7 Å². The summed E-state index contributed by atoms with van der Waals surface area (Å²) >= 11 is 4.63. The molecule has 0 radical (unpaired) electrons. The van der Waals surface area contributed by atoms with Crippen LogP contribution in [0.1, 0.15) is 142 Å². The van der Waals surface area contributed by atoms with Gasteiger partial charge >= 0.3 is 0 Å². The zero-order chi connectivity index (χ0) is 50.5. The Morgan fingerprint density at radius 3 is 1.24 bits per heavy atom. The lowest BCUT2D eigenvalue weighted by Crippen LogP contribution is -2.44. The number of nitrogens with zero attached hydrogens (tertiary/aromatic N) is 2. The molecule has 3 atom stereocenters. The molecule has 0 N–H and O–H groups in total. The molecule has 0 bridgehead atoms. The molecule has 0 saturated heterocycles. The summed E-state index contributed by atoms with van der Waals surface area (Å²) in [5, 5.41) is 0.801. The average Bonchev–Trinajstić information content (AvgIpc) is 3.25. The third-order valence-electron chi connectivity index (χ3n) is 16.6. The van der Waals surface area contributed by atoms with Crippen molar-refractivity contribution in [3.8, 4) is 0 Å². The van der Waals surface area contributed by atoms with E-state index in [1.807, 2.05) is 0 Å². The molecule has 0 aliphatic carbocycles. The number of anilines is 2. The summed E-state index contributed by atoms with van der Waals surface area (Å²) < 4.78 is 6.95. The third kappa shape index (κ3) is 16.7. The van der Waals surface area contributed by atoms with Gasteiger partial charge < -0.3 is 14.2 Å². The first-order valence-corrected chi connectivity index (χ1v) is 42.2. The molecule has 67 heavy (non-hydrogen) atoms. The molecule has 0 aliphatic rings. The summed E-state index contributed by atoms with van der Waals surface area (Å²) in [6.45, 7) is 37.9. The van der Waals surface area contributed by atoms with Crippen LogP contribution in [0.25, 0.3) is 0 Å². The lowest BCUT2D eigenvalue weighted by atomic mass is 9.68. The van der Waals surface area contributed by atoms with Crippen LogP contribution >= 0.6 is 22.4 Å². The van der Waals surface area contributed by atoms with Gasteiger partial charge in [0.05, 0.1) is 0 Å². The average molecular weight is 1020 g/mol. The fourth-order valence-corrected chi connectivity index (χ4v) is 26.4. The van der Waals surface area contributed by atoms with Crippen molar-refractivity contribution in [3.05, 3.63) is 95.1 Å². The van der Waals surface area contributed by atoms with Gasteiger partial charge in [-0.05, 0) is 118 Å². The van der Waals surface area contributed by atoms with E-state index in [-0.39, 0.29) is 10.8 Å². The first-order chi connectivity index (χ1) is 31.0. The maximum absolute atomic E-state index is 6.95. The van der Waals surface area contributed by atoms with E-state index < -0.39 is 30.8 Å². The first-order valence-electron chi connectivity index (χ1n) is 26.5. The molecule has 3 rings (SSSR count). The quantitative estimate of drug-likeness (QED) is 0.0507. The minimum Gasteiger partial charge on any atom is -0.420 e. The van der Waals surface area contributed by atoms with Gasteiger partial charge in [-0.25, -0.2) is 0 Å². The highest BCUT2D eigenvalue weighted by Crippen LogP contribution is 2.51. The highest BCUT2D eigenvalue weighted by molar-refractivity contribution is 8.29. The van der Waals surface area contributed by atoms with Crippen LogP contribution in [-0.2, 0) is 15.3 Å². The van der Waals surface area contributed by atoms with Crippen LogP contribution in [0.2, 0.25) is 80.1 Å². The van der Waals surface area contributed by atoms with E-state index in [0.29, 0.717) is 10.1 Å². The van der Waals surface area contributed by atoms with Crippen molar-refractivity contribution < 1.29 is 4.43 Å². The van der Waals surface area contributed by atoms with Crippen LogP contribution in [0.15, 0.2) is 72.8 Å². The fourth-order valence-electron chi connectivity index (χ4n) is 10.0. The molecule has 0 spiro atoms. The molecular formula is C58H104N2OS2Si4. The zero-order valence-corrected chi connectivity index (χ0v) is 53.0. The largest absolute Gasteiger partial charge is 0.420 e. The minimum atomic E-state index is -2.22. The molecule has 3 nitrogen and oxygen atoms in total. The van der Waals surface area contributed by atoms with Crippen LogP contribution in [0.4, 0.5) is 11.4 Å². The van der Waals surface area contributed by atoms with E-state index in [0.717, 1.165) is 12.5 Å². The van der Waals surface area contributed by atoms with E-state index in [1.54, 1.807) is 5.56 Å². The molecule has 3 aromatic carbocycles. The van der Waals surface area contributed by atoms with Crippen LogP contribution in [0.5, 0.6) is 0 Å². The van der Waals surface area contributed by atoms with Gasteiger partial charge in [-0.3, -0.25) is 0 Å². The second-order valence-electron chi connectivity index (χ2n) is 25.1. The van der Waals surface area contributed by atoms with E-state index in [4.69, 9.17) is 4.43 Å². The van der Waals surface area contributed by atoms with Crippen LogP contribution in [-0.4, -0.2) is 77.6 Å². The van der Waals surface area contributed by atoms with Crippen molar-refractivity contribution in [3.63, 3.8) is 0 Å². The summed E-state index contributed by atoms with van der Waals surface area (Å²) in [6, 6.07) is 34.9. The highest BCUT2D eigenvalue weighted by atomic mass is 32.4. The van der Waals surface area contributed by atoms with Crippen molar-refractivity contribution >= 4 is 64.6 Å². The van der Waals surface area contributed by atoms with Crippen LogP contribution in [0.3, 0.4) is 0 Å². The van der Waals surface area contributed by atoms with Gasteiger partial charge in [0.2, 0.25) is 0 Å². The van der Waals surface area contributed by atoms with Crippen molar-refractivity contribution in [1.29, 1.82) is 0 Å². The van der Waals surface area contributed by atoms with Crippen LogP contribution < -0.4 is 9.80 Å². The van der Waals surface area contributed by atoms with Crippen molar-refractivity contribution in [2.24, 2.45) is 0 Å². The maximum Gasteiger partial charge on any atom is 0.190 e. The number of benzene rings is 3. The molecule has 3 unspecified atom stereocenters. The summed E-state index contributed by atoms with van der Waals surface area (Å²) in [4.78, 5) is 4.51. The predicted octanol–water partition coefficient (Wildman–Crippen LogP) is 18.7. The number of rotatable bonds is 29. The molecule has 3 aromatic rings. The van der Waals surface area contributed by atoms with Gasteiger partial charge in [-0.15, -0.1) is 0 Å². The summed E-state index contributed by atoms with van der Waals surface area (Å²) in [5.74, 6) is 2.53. The summed E-state index contributed by atoms with van der Waals surface area (Å²) in [7, 11) is 4.00. The van der Waals surface area contributed by atoms with Gasteiger partial charge in [-0.2, -0.15) is 22.4 Å².